The molecule has 256 valence electrons. The van der Waals surface area contributed by atoms with E-state index in [4.69, 9.17) is 0 Å². The van der Waals surface area contributed by atoms with E-state index >= 15 is 0 Å². The maximum atomic E-state index is 13.9. The number of fused-ring (bicyclic) bond motifs is 1. The highest BCUT2D eigenvalue weighted by molar-refractivity contribution is 9.10. The van der Waals surface area contributed by atoms with Gasteiger partial charge in [-0.1, -0.05) is 56.1 Å². The lowest BCUT2D eigenvalue weighted by molar-refractivity contribution is -0.276. The lowest BCUT2D eigenvalue weighted by atomic mass is 10.1. The second kappa shape index (κ2) is 14.3. The zero-order valence-electron chi connectivity index (χ0n) is 23.4. The van der Waals surface area contributed by atoms with Gasteiger partial charge in [-0.2, -0.15) is 0 Å². The van der Waals surface area contributed by atoms with Crippen LogP contribution in [-0.4, -0.2) is 56.4 Å². The molecule has 0 aliphatic rings. The number of halogens is 8. The molecule has 20 heteroatoms. The quantitative estimate of drug-likeness (QED) is 0.107. The van der Waals surface area contributed by atoms with E-state index in [1.165, 1.54) is 42.5 Å². The van der Waals surface area contributed by atoms with Crippen LogP contribution in [0.5, 0.6) is 11.5 Å². The first-order chi connectivity index (χ1) is 22.2. The van der Waals surface area contributed by atoms with Gasteiger partial charge in [-0.25, -0.2) is 8.42 Å². The van der Waals surface area contributed by atoms with Gasteiger partial charge in [0.25, 0.3) is 10.0 Å². The number of alkyl halides is 6. The SMILES string of the molecule is O=C(O)CN(Sc1ccc(Br)cc1OC(F)(F)F)c1ccc(N(CC(=O)O)S(=O)(=O)c2ccc(Br)cc2OC(F)(F)F)c2ccccc12. The van der Waals surface area contributed by atoms with Crippen molar-refractivity contribution >= 4 is 87.9 Å². The summed E-state index contributed by atoms with van der Waals surface area (Å²) >= 11 is 6.55. The van der Waals surface area contributed by atoms with Gasteiger partial charge in [-0.05, 0) is 60.5 Å². The highest BCUT2D eigenvalue weighted by Gasteiger charge is 2.37. The summed E-state index contributed by atoms with van der Waals surface area (Å²) in [6.07, 6.45) is -10.4. The fraction of sp³-hybridized carbons (Fsp3) is 0.143. The van der Waals surface area contributed by atoms with Crippen LogP contribution in [0.4, 0.5) is 37.7 Å². The molecule has 0 heterocycles. The minimum Gasteiger partial charge on any atom is -0.480 e. The van der Waals surface area contributed by atoms with Crippen LogP contribution in [-0.2, 0) is 19.6 Å². The normalized spacial score (nSPS) is 12.1. The van der Waals surface area contributed by atoms with E-state index in [0.29, 0.717) is 16.3 Å². The molecule has 10 nitrogen and oxygen atoms in total. The van der Waals surface area contributed by atoms with E-state index in [0.717, 1.165) is 34.6 Å². The number of carboxylic acid groups (broad SMARTS) is 2. The Balaban J connectivity index is 1.90. The Bertz CT molecular complexity index is 1980. The summed E-state index contributed by atoms with van der Waals surface area (Å²) in [5.74, 6) is -4.90. The van der Waals surface area contributed by atoms with Gasteiger partial charge in [-0.3, -0.25) is 13.9 Å². The van der Waals surface area contributed by atoms with Gasteiger partial charge in [0.2, 0.25) is 0 Å². The van der Waals surface area contributed by atoms with Crippen LogP contribution in [0, 0.1) is 0 Å². The maximum Gasteiger partial charge on any atom is 0.573 e. The molecular formula is C28H18Br2F6N2O8S2. The van der Waals surface area contributed by atoms with Crippen molar-refractivity contribution in [3.63, 3.8) is 0 Å². The van der Waals surface area contributed by atoms with Crippen molar-refractivity contribution in [1.29, 1.82) is 0 Å². The van der Waals surface area contributed by atoms with Gasteiger partial charge in [0, 0.05) is 19.7 Å². The lowest BCUT2D eigenvalue weighted by Crippen LogP contribution is -2.36. The summed E-state index contributed by atoms with van der Waals surface area (Å²) in [7, 11) is -5.12. The van der Waals surface area contributed by atoms with Crippen LogP contribution < -0.4 is 18.1 Å². The molecule has 0 aliphatic heterocycles. The minimum atomic E-state index is -5.32. The van der Waals surface area contributed by atoms with Crippen molar-refractivity contribution in [2.45, 2.75) is 22.5 Å². The molecule has 0 unspecified atom stereocenters. The van der Waals surface area contributed by atoms with Gasteiger partial charge < -0.3 is 24.0 Å². The van der Waals surface area contributed by atoms with Gasteiger partial charge in [-0.15, -0.1) is 26.3 Å². The fourth-order valence-corrected chi connectivity index (χ4v) is 7.51. The van der Waals surface area contributed by atoms with E-state index < -0.39 is 64.2 Å². The van der Waals surface area contributed by atoms with Crippen LogP contribution in [0.15, 0.2) is 91.5 Å². The van der Waals surface area contributed by atoms with Gasteiger partial charge >= 0.3 is 24.7 Å². The maximum absolute atomic E-state index is 13.9. The summed E-state index contributed by atoms with van der Waals surface area (Å²) in [6.45, 7) is -2.07. The van der Waals surface area contributed by atoms with Crippen molar-refractivity contribution in [1.82, 2.24) is 0 Å². The van der Waals surface area contributed by atoms with E-state index in [1.54, 1.807) is 0 Å². The van der Waals surface area contributed by atoms with Crippen molar-refractivity contribution in [3.8, 4) is 11.5 Å². The second-order valence-corrected chi connectivity index (χ2v) is 14.1. The van der Waals surface area contributed by atoms with E-state index in [9.17, 15) is 54.6 Å². The molecule has 4 aromatic carbocycles. The van der Waals surface area contributed by atoms with E-state index in [2.05, 4.69) is 41.3 Å². The number of anilines is 2. The highest BCUT2D eigenvalue weighted by Crippen LogP contribution is 2.44. The summed E-state index contributed by atoms with van der Waals surface area (Å²) in [5.41, 5.74) is -0.289. The summed E-state index contributed by atoms with van der Waals surface area (Å²) in [6, 6.07) is 14.2. The molecule has 2 N–H and O–H groups in total. The Morgan fingerprint density at radius 1 is 0.729 bits per heavy atom. The highest BCUT2D eigenvalue weighted by atomic mass is 79.9. The topological polar surface area (TPSA) is 134 Å². The molecule has 0 aliphatic carbocycles. The molecule has 0 amide bonds. The predicted molar refractivity (Wildman–Crippen MR) is 169 cm³/mol. The largest absolute Gasteiger partial charge is 0.573 e. The summed E-state index contributed by atoms with van der Waals surface area (Å²) in [5, 5.41) is 19.4. The van der Waals surface area contributed by atoms with Crippen molar-refractivity contribution < 1.29 is 64.0 Å². The number of nitrogens with zero attached hydrogens (tertiary/aromatic N) is 2. The molecule has 4 rings (SSSR count). The Kier molecular flexibility index (Phi) is 11.0. The van der Waals surface area contributed by atoms with Crippen LogP contribution in [0.2, 0.25) is 0 Å². The average Bonchev–Trinajstić information content (AvgIpc) is 2.94. The van der Waals surface area contributed by atoms with Crippen molar-refractivity contribution in [2.75, 3.05) is 21.7 Å². The molecule has 0 spiro atoms. The first-order valence-electron chi connectivity index (χ1n) is 12.8. The molecule has 0 atom stereocenters. The number of aliphatic carboxylic acids is 2. The van der Waals surface area contributed by atoms with Crippen LogP contribution in [0.25, 0.3) is 10.8 Å². The Labute approximate surface area is 288 Å². The monoisotopic (exact) mass is 846 g/mol. The number of rotatable bonds is 12. The van der Waals surface area contributed by atoms with Gasteiger partial charge in [0.15, 0.2) is 5.75 Å². The molecule has 4 aromatic rings. The zero-order valence-corrected chi connectivity index (χ0v) is 28.2. The Morgan fingerprint density at radius 2 is 1.23 bits per heavy atom. The molecule has 48 heavy (non-hydrogen) atoms. The van der Waals surface area contributed by atoms with Crippen LogP contribution >= 0.6 is 43.8 Å². The van der Waals surface area contributed by atoms with Gasteiger partial charge in [0.05, 0.1) is 16.3 Å². The minimum absolute atomic E-state index is 0.00575. The Morgan fingerprint density at radius 3 is 1.79 bits per heavy atom. The number of ether oxygens (including phenoxy) is 2. The molecule has 0 saturated carbocycles. The first-order valence-corrected chi connectivity index (χ1v) is 16.6. The zero-order chi connectivity index (χ0) is 35.6. The first kappa shape index (κ1) is 36.9. The number of sulfonamides is 1. The number of carboxylic acids is 2. The molecule has 0 bridgehead atoms. The van der Waals surface area contributed by atoms with Crippen LogP contribution in [0.1, 0.15) is 0 Å². The average molecular weight is 848 g/mol. The molecule has 0 fully saturated rings. The second-order valence-electron chi connectivity index (χ2n) is 9.35. The standard InChI is InChI=1S/C28H18Br2F6N2O8S2/c29-15-5-9-23(21(11-15)45-27(31,32)33)47-37(13-25(39)40)19-7-8-20(18-4-2-1-3-17(18)19)38(14-26(41)42)48(43,44)24-10-6-16(30)12-22(24)46-28(34,35)36/h1-12H,13-14H2,(H,39,40)(H,41,42). The number of hydrogen-bond donors (Lipinski definition) is 2. The van der Waals surface area contributed by atoms with Crippen molar-refractivity contribution in [2.24, 2.45) is 0 Å². The predicted octanol–water partition coefficient (Wildman–Crippen LogP) is 8.04. The van der Waals surface area contributed by atoms with Crippen LogP contribution in [0.3, 0.4) is 0 Å². The molecule has 0 aromatic heterocycles. The molecule has 0 saturated heterocycles. The third kappa shape index (κ3) is 9.17. The fourth-order valence-electron chi connectivity index (χ4n) is 4.31. The van der Waals surface area contributed by atoms with E-state index in [-0.39, 0.29) is 36.0 Å². The van der Waals surface area contributed by atoms with Gasteiger partial charge in [0.1, 0.15) is 23.7 Å². The van der Waals surface area contributed by atoms with Crippen molar-refractivity contribution in [3.05, 3.63) is 81.7 Å². The lowest BCUT2D eigenvalue weighted by Gasteiger charge is -2.28. The smallest absolute Gasteiger partial charge is 0.480 e. The number of hydrogen-bond acceptors (Lipinski definition) is 8. The number of carbonyl (C=O) groups is 2. The van der Waals surface area contributed by atoms with E-state index in [1.807, 2.05) is 0 Å². The summed E-state index contributed by atoms with van der Waals surface area (Å²) in [4.78, 5) is 22.6. The summed E-state index contributed by atoms with van der Waals surface area (Å²) < 4.78 is 117. The third-order valence-electron chi connectivity index (χ3n) is 6.01. The number of benzene rings is 4. The molecular weight excluding hydrogens is 830 g/mol. The Hall–Kier alpha value is -3.88. The molecule has 0 radical (unpaired) electrons. The third-order valence-corrected chi connectivity index (χ3v) is 9.88.